The first-order chi connectivity index (χ1) is 5.48. The third kappa shape index (κ3) is 6.24. The smallest absolute Gasteiger partial charge is 0.0622 e. The minimum absolute atomic E-state index is 0.523. The van der Waals surface area contributed by atoms with Gasteiger partial charge in [-0.3, -0.25) is 0 Å². The van der Waals surface area contributed by atoms with Crippen molar-refractivity contribution < 1.29 is 5.11 Å². The van der Waals surface area contributed by atoms with E-state index in [2.05, 4.69) is 19.8 Å². The summed E-state index contributed by atoms with van der Waals surface area (Å²) in [4.78, 5) is 0. The molecule has 70 valence electrons. The highest BCUT2D eigenvalue weighted by Crippen LogP contribution is 2.21. The van der Waals surface area contributed by atoms with E-state index in [0.29, 0.717) is 5.92 Å². The lowest BCUT2D eigenvalue weighted by atomic mass is 9.90. The second-order valence-electron chi connectivity index (χ2n) is 4.15. The van der Waals surface area contributed by atoms with E-state index in [1.165, 1.54) is 0 Å². The molecule has 0 aliphatic carbocycles. The zero-order chi connectivity index (χ0) is 9.61. The van der Waals surface area contributed by atoms with Gasteiger partial charge < -0.3 is 5.11 Å². The summed E-state index contributed by atoms with van der Waals surface area (Å²) in [5.41, 5.74) is -0.523. The number of hydrogen-bond donors (Lipinski definition) is 1. The molecule has 0 rings (SSSR count). The van der Waals surface area contributed by atoms with E-state index < -0.39 is 5.60 Å². The van der Waals surface area contributed by atoms with Crippen LogP contribution >= 0.6 is 0 Å². The highest BCUT2D eigenvalue weighted by Gasteiger charge is 2.20. The topological polar surface area (TPSA) is 20.2 Å². The minimum Gasteiger partial charge on any atom is -0.390 e. The quantitative estimate of drug-likeness (QED) is 0.494. The van der Waals surface area contributed by atoms with Gasteiger partial charge in [-0.1, -0.05) is 13.8 Å². The Kier molecular flexibility index (Phi) is 5.01. The highest BCUT2D eigenvalue weighted by molar-refractivity contribution is 4.85. The molecule has 0 aromatic rings. The maximum absolute atomic E-state index is 9.84. The predicted octanol–water partition coefficient (Wildman–Crippen LogP) is 2.59. The van der Waals surface area contributed by atoms with Crippen LogP contribution in [0.25, 0.3) is 0 Å². The fourth-order valence-corrected chi connectivity index (χ4v) is 1.55. The fraction of sp³-hybridized carbons (Fsp3) is 0.818. The molecule has 0 aromatic heterocycles. The van der Waals surface area contributed by atoms with Gasteiger partial charge in [0.2, 0.25) is 0 Å². The van der Waals surface area contributed by atoms with Crippen LogP contribution in [0.4, 0.5) is 0 Å². The van der Waals surface area contributed by atoms with Gasteiger partial charge in [0.05, 0.1) is 5.60 Å². The van der Waals surface area contributed by atoms with Crippen LogP contribution in [0.5, 0.6) is 0 Å². The van der Waals surface area contributed by atoms with Gasteiger partial charge in [0.1, 0.15) is 0 Å². The van der Waals surface area contributed by atoms with E-state index in [9.17, 15) is 5.11 Å². The lowest BCUT2D eigenvalue weighted by Crippen LogP contribution is -2.25. The predicted molar refractivity (Wildman–Crippen MR) is 52.8 cm³/mol. The highest BCUT2D eigenvalue weighted by atomic mass is 16.3. The van der Waals surface area contributed by atoms with E-state index in [1.54, 1.807) is 0 Å². The third-order valence-electron chi connectivity index (χ3n) is 1.88. The van der Waals surface area contributed by atoms with Crippen molar-refractivity contribution in [1.29, 1.82) is 0 Å². The van der Waals surface area contributed by atoms with Crippen molar-refractivity contribution >= 4 is 0 Å². The van der Waals surface area contributed by atoms with Crippen molar-refractivity contribution in [3.63, 3.8) is 0 Å². The molecule has 1 unspecified atom stereocenters. The molecule has 12 heavy (non-hydrogen) atoms. The SMILES string of the molecule is C#CCCCC(C)(O)CC(C)C. The molecule has 0 heterocycles. The molecule has 1 heteroatoms. The Balaban J connectivity index is 3.65. The summed E-state index contributed by atoms with van der Waals surface area (Å²) in [5, 5.41) is 9.84. The van der Waals surface area contributed by atoms with Crippen molar-refractivity contribution in [2.24, 2.45) is 5.92 Å². The van der Waals surface area contributed by atoms with Gasteiger partial charge in [0.15, 0.2) is 0 Å². The fourth-order valence-electron chi connectivity index (χ4n) is 1.55. The van der Waals surface area contributed by atoms with E-state index in [1.807, 2.05) is 6.92 Å². The zero-order valence-corrected chi connectivity index (χ0v) is 8.43. The molecule has 0 saturated carbocycles. The monoisotopic (exact) mass is 168 g/mol. The van der Waals surface area contributed by atoms with Gasteiger partial charge in [-0.05, 0) is 32.1 Å². The number of unbranched alkanes of at least 4 members (excludes halogenated alkanes) is 1. The molecule has 0 saturated heterocycles. The lowest BCUT2D eigenvalue weighted by molar-refractivity contribution is 0.0284. The van der Waals surface area contributed by atoms with Crippen LogP contribution in [-0.2, 0) is 0 Å². The van der Waals surface area contributed by atoms with Crippen LogP contribution in [0, 0.1) is 18.3 Å². The maximum Gasteiger partial charge on any atom is 0.0622 e. The number of rotatable bonds is 5. The van der Waals surface area contributed by atoms with Gasteiger partial charge in [0.25, 0.3) is 0 Å². The molecule has 0 fully saturated rings. The van der Waals surface area contributed by atoms with Gasteiger partial charge in [0, 0.05) is 6.42 Å². The average Bonchev–Trinajstić information content (AvgIpc) is 1.84. The molecule has 1 nitrogen and oxygen atoms in total. The second-order valence-corrected chi connectivity index (χ2v) is 4.15. The van der Waals surface area contributed by atoms with Crippen LogP contribution < -0.4 is 0 Å². The van der Waals surface area contributed by atoms with Gasteiger partial charge in [-0.25, -0.2) is 0 Å². The molecule has 1 atom stereocenters. The average molecular weight is 168 g/mol. The van der Waals surface area contributed by atoms with E-state index in [0.717, 1.165) is 25.7 Å². The molecule has 0 aromatic carbocycles. The summed E-state index contributed by atoms with van der Waals surface area (Å²) in [5.74, 6) is 3.13. The summed E-state index contributed by atoms with van der Waals surface area (Å²) in [6, 6.07) is 0. The second kappa shape index (κ2) is 5.22. The first-order valence-electron chi connectivity index (χ1n) is 4.64. The van der Waals surface area contributed by atoms with Crippen molar-refractivity contribution in [2.45, 2.75) is 52.1 Å². The van der Waals surface area contributed by atoms with E-state index >= 15 is 0 Å². The summed E-state index contributed by atoms with van der Waals surface area (Å²) in [6.07, 6.45) is 8.50. The molecule has 0 amide bonds. The first-order valence-corrected chi connectivity index (χ1v) is 4.64. The minimum atomic E-state index is -0.523. The summed E-state index contributed by atoms with van der Waals surface area (Å²) >= 11 is 0. The first kappa shape index (κ1) is 11.5. The Morgan fingerprint density at radius 1 is 1.50 bits per heavy atom. The molecular formula is C11H20O. The zero-order valence-electron chi connectivity index (χ0n) is 8.43. The Hall–Kier alpha value is -0.480. The summed E-state index contributed by atoms with van der Waals surface area (Å²) < 4.78 is 0. The van der Waals surface area contributed by atoms with Crippen molar-refractivity contribution in [3.05, 3.63) is 0 Å². The lowest BCUT2D eigenvalue weighted by Gasteiger charge is -2.24. The molecule has 0 bridgehead atoms. The standard InChI is InChI=1S/C11H20O/c1-5-6-7-8-11(4,12)9-10(2)3/h1,10,12H,6-9H2,2-4H3. The molecule has 0 aliphatic rings. The molecule has 0 radical (unpaired) electrons. The normalized spacial score (nSPS) is 15.7. The van der Waals surface area contributed by atoms with Gasteiger partial charge in [-0.2, -0.15) is 0 Å². The Labute approximate surface area is 76.2 Å². The van der Waals surface area contributed by atoms with Crippen molar-refractivity contribution in [3.8, 4) is 12.3 Å². The van der Waals surface area contributed by atoms with Gasteiger partial charge in [-0.15, -0.1) is 12.3 Å². The van der Waals surface area contributed by atoms with Crippen molar-refractivity contribution in [1.82, 2.24) is 0 Å². The Bertz CT molecular complexity index is 151. The summed E-state index contributed by atoms with van der Waals surface area (Å²) in [6.45, 7) is 6.13. The molecule has 1 N–H and O–H groups in total. The third-order valence-corrected chi connectivity index (χ3v) is 1.88. The van der Waals surface area contributed by atoms with Gasteiger partial charge >= 0.3 is 0 Å². The molecule has 0 spiro atoms. The van der Waals surface area contributed by atoms with E-state index in [4.69, 9.17) is 6.42 Å². The largest absolute Gasteiger partial charge is 0.390 e. The van der Waals surface area contributed by atoms with Crippen LogP contribution in [-0.4, -0.2) is 10.7 Å². The van der Waals surface area contributed by atoms with Crippen LogP contribution in [0.2, 0.25) is 0 Å². The Morgan fingerprint density at radius 3 is 2.50 bits per heavy atom. The van der Waals surface area contributed by atoms with Crippen LogP contribution in [0.1, 0.15) is 46.5 Å². The number of aliphatic hydroxyl groups is 1. The molecule has 0 aliphatic heterocycles. The Morgan fingerprint density at radius 2 is 2.08 bits per heavy atom. The van der Waals surface area contributed by atoms with Crippen LogP contribution in [0.3, 0.4) is 0 Å². The number of hydrogen-bond acceptors (Lipinski definition) is 1. The van der Waals surface area contributed by atoms with Crippen molar-refractivity contribution in [2.75, 3.05) is 0 Å². The van der Waals surface area contributed by atoms with Crippen LogP contribution in [0.15, 0.2) is 0 Å². The summed E-state index contributed by atoms with van der Waals surface area (Å²) in [7, 11) is 0. The van der Waals surface area contributed by atoms with E-state index in [-0.39, 0.29) is 0 Å². The maximum atomic E-state index is 9.84. The number of terminal acetylenes is 1. The molecular weight excluding hydrogens is 148 g/mol.